The van der Waals surface area contributed by atoms with Gasteiger partial charge in [-0.3, -0.25) is 0 Å². The second-order valence-corrected chi connectivity index (χ2v) is 5.07. The Morgan fingerprint density at radius 1 is 1.47 bits per heavy atom. The van der Waals surface area contributed by atoms with E-state index >= 15 is 0 Å². The molecule has 0 aromatic heterocycles. The molecule has 0 radical (unpaired) electrons. The molecule has 2 unspecified atom stereocenters. The van der Waals surface area contributed by atoms with Crippen molar-refractivity contribution >= 4 is 23.8 Å². The average molecular weight is 264 g/mol. The van der Waals surface area contributed by atoms with Gasteiger partial charge in [-0.1, -0.05) is 0 Å². The number of urea groups is 1. The molecule has 0 aliphatic heterocycles. The maximum atomic E-state index is 11.4. The fourth-order valence-electron chi connectivity index (χ4n) is 0.970. The van der Waals surface area contributed by atoms with Crippen LogP contribution in [0.3, 0.4) is 0 Å². The Morgan fingerprint density at radius 3 is 2.53 bits per heavy atom. The number of aliphatic hydroxyl groups is 1. The summed E-state index contributed by atoms with van der Waals surface area (Å²) >= 11 is 1.69. The smallest absolute Gasteiger partial charge is 0.337 e. The molecule has 0 spiro atoms. The maximum absolute atomic E-state index is 11.4. The van der Waals surface area contributed by atoms with Crippen molar-refractivity contribution in [1.82, 2.24) is 10.6 Å². The van der Waals surface area contributed by atoms with Gasteiger partial charge < -0.3 is 20.8 Å². The zero-order valence-corrected chi connectivity index (χ0v) is 11.1. The van der Waals surface area contributed by atoms with E-state index in [1.54, 1.807) is 11.8 Å². The Bertz CT molecular complexity index is 271. The summed E-state index contributed by atoms with van der Waals surface area (Å²) in [6.45, 7) is 2.67. The number of carbonyl (C=O) groups is 2. The quantitative estimate of drug-likeness (QED) is 0.529. The lowest BCUT2D eigenvalue weighted by atomic mass is 10.1. The number of amides is 2. The van der Waals surface area contributed by atoms with Crippen LogP contribution in [0.25, 0.3) is 0 Å². The van der Waals surface area contributed by atoms with Gasteiger partial charge in [0.2, 0.25) is 0 Å². The molecule has 0 heterocycles. The number of nitrogens with one attached hydrogen (secondary N) is 2. The Balaban J connectivity index is 3.91. The van der Waals surface area contributed by atoms with E-state index in [2.05, 4.69) is 10.6 Å². The Labute approximate surface area is 105 Å². The van der Waals surface area contributed by atoms with Gasteiger partial charge in [0.1, 0.15) is 0 Å². The molecule has 100 valence electrons. The molecule has 2 atom stereocenters. The third-order valence-electron chi connectivity index (χ3n) is 2.19. The Hall–Kier alpha value is -0.950. The van der Waals surface area contributed by atoms with E-state index in [9.17, 15) is 14.7 Å². The van der Waals surface area contributed by atoms with E-state index in [1.165, 1.54) is 0 Å². The first-order chi connectivity index (χ1) is 7.79. The van der Waals surface area contributed by atoms with Crippen LogP contribution in [0.1, 0.15) is 20.3 Å². The molecular weight excluding hydrogens is 244 g/mol. The number of aliphatic carboxylic acids is 1. The summed E-state index contributed by atoms with van der Waals surface area (Å²) in [4.78, 5) is 21.9. The first kappa shape index (κ1) is 16.1. The van der Waals surface area contributed by atoms with Gasteiger partial charge in [0.15, 0.2) is 5.60 Å². The summed E-state index contributed by atoms with van der Waals surface area (Å²) in [5, 5.41) is 23.0. The minimum Gasteiger partial charge on any atom is -0.479 e. The lowest BCUT2D eigenvalue weighted by Crippen LogP contribution is -2.50. The number of hydrogen-bond donors (Lipinski definition) is 4. The highest BCUT2D eigenvalue weighted by Gasteiger charge is 2.30. The van der Waals surface area contributed by atoms with Crippen LogP contribution in [-0.2, 0) is 4.79 Å². The van der Waals surface area contributed by atoms with Crippen molar-refractivity contribution in [2.45, 2.75) is 31.9 Å². The predicted molar refractivity (Wildman–Crippen MR) is 67.3 cm³/mol. The van der Waals surface area contributed by atoms with Crippen LogP contribution in [0.4, 0.5) is 4.79 Å². The second kappa shape index (κ2) is 7.39. The van der Waals surface area contributed by atoms with Crippen molar-refractivity contribution in [2.24, 2.45) is 0 Å². The minimum atomic E-state index is -1.94. The highest BCUT2D eigenvalue weighted by molar-refractivity contribution is 7.98. The van der Waals surface area contributed by atoms with E-state index in [0.29, 0.717) is 0 Å². The third kappa shape index (κ3) is 7.06. The molecule has 4 N–H and O–H groups in total. The number of thioether (sulfide) groups is 1. The lowest BCUT2D eigenvalue weighted by Gasteiger charge is -2.20. The molecule has 0 rings (SSSR count). The van der Waals surface area contributed by atoms with Gasteiger partial charge in [-0.15, -0.1) is 0 Å². The Kier molecular flexibility index (Phi) is 6.98. The minimum absolute atomic E-state index is 0.0113. The predicted octanol–water partition coefficient (Wildman–Crippen LogP) is 0.263. The zero-order chi connectivity index (χ0) is 13.5. The lowest BCUT2D eigenvalue weighted by molar-refractivity contribution is -0.155. The van der Waals surface area contributed by atoms with Crippen molar-refractivity contribution in [3.8, 4) is 0 Å². The average Bonchev–Trinajstić information content (AvgIpc) is 2.23. The van der Waals surface area contributed by atoms with Gasteiger partial charge in [0.05, 0.1) is 6.54 Å². The van der Waals surface area contributed by atoms with Crippen LogP contribution in [0.5, 0.6) is 0 Å². The standard InChI is InChI=1S/C10H20N2O4S/c1-7(4-5-17-3)12-9(15)11-6-10(2,16)8(13)14/h7,16H,4-6H2,1-3H3,(H,13,14)(H2,11,12,15). The summed E-state index contributed by atoms with van der Waals surface area (Å²) in [6, 6.07) is -0.461. The molecule has 0 aliphatic carbocycles. The van der Waals surface area contributed by atoms with Crippen molar-refractivity contribution < 1.29 is 19.8 Å². The maximum Gasteiger partial charge on any atom is 0.337 e. The van der Waals surface area contributed by atoms with Gasteiger partial charge in [-0.25, -0.2) is 9.59 Å². The number of carbonyl (C=O) groups excluding carboxylic acids is 1. The van der Waals surface area contributed by atoms with E-state index in [1.807, 2.05) is 13.2 Å². The Morgan fingerprint density at radius 2 is 2.06 bits per heavy atom. The normalized spacial score (nSPS) is 15.8. The fraction of sp³-hybridized carbons (Fsp3) is 0.800. The number of carboxylic acids is 1. The summed E-state index contributed by atoms with van der Waals surface area (Å²) in [6.07, 6.45) is 2.82. The monoisotopic (exact) mass is 264 g/mol. The second-order valence-electron chi connectivity index (χ2n) is 4.09. The van der Waals surface area contributed by atoms with Crippen LogP contribution in [0.15, 0.2) is 0 Å². The summed E-state index contributed by atoms with van der Waals surface area (Å²) in [7, 11) is 0. The van der Waals surface area contributed by atoms with Crippen LogP contribution in [0.2, 0.25) is 0 Å². The molecule has 0 bridgehead atoms. The number of carboxylic acid groups (broad SMARTS) is 1. The van der Waals surface area contributed by atoms with E-state index < -0.39 is 17.6 Å². The molecule has 0 fully saturated rings. The molecular formula is C10H20N2O4S. The number of hydrogen-bond acceptors (Lipinski definition) is 4. The molecule has 6 nitrogen and oxygen atoms in total. The highest BCUT2D eigenvalue weighted by Crippen LogP contribution is 2.01. The van der Waals surface area contributed by atoms with Crippen LogP contribution in [-0.4, -0.2) is 52.4 Å². The summed E-state index contributed by atoms with van der Waals surface area (Å²) < 4.78 is 0. The zero-order valence-electron chi connectivity index (χ0n) is 10.3. The van der Waals surface area contributed by atoms with Gasteiger partial charge >= 0.3 is 12.0 Å². The van der Waals surface area contributed by atoms with E-state index in [0.717, 1.165) is 19.1 Å². The van der Waals surface area contributed by atoms with Gasteiger partial charge in [-0.05, 0) is 32.3 Å². The van der Waals surface area contributed by atoms with Gasteiger partial charge in [0, 0.05) is 6.04 Å². The fourth-order valence-corrected chi connectivity index (χ4v) is 1.56. The van der Waals surface area contributed by atoms with Crippen molar-refractivity contribution in [2.75, 3.05) is 18.6 Å². The van der Waals surface area contributed by atoms with Crippen molar-refractivity contribution in [3.05, 3.63) is 0 Å². The van der Waals surface area contributed by atoms with Crippen molar-refractivity contribution in [1.29, 1.82) is 0 Å². The van der Waals surface area contributed by atoms with Crippen LogP contribution >= 0.6 is 11.8 Å². The highest BCUT2D eigenvalue weighted by atomic mass is 32.2. The van der Waals surface area contributed by atoms with E-state index in [-0.39, 0.29) is 12.6 Å². The summed E-state index contributed by atoms with van der Waals surface area (Å²) in [5.41, 5.74) is -1.94. The van der Waals surface area contributed by atoms with Crippen LogP contribution < -0.4 is 10.6 Å². The van der Waals surface area contributed by atoms with Gasteiger partial charge in [0.25, 0.3) is 0 Å². The molecule has 0 saturated heterocycles. The third-order valence-corrected chi connectivity index (χ3v) is 2.83. The molecule has 17 heavy (non-hydrogen) atoms. The molecule has 2 amide bonds. The van der Waals surface area contributed by atoms with E-state index in [4.69, 9.17) is 5.11 Å². The largest absolute Gasteiger partial charge is 0.479 e. The topological polar surface area (TPSA) is 98.7 Å². The number of rotatable bonds is 7. The molecule has 0 aliphatic rings. The first-order valence-electron chi connectivity index (χ1n) is 5.28. The molecule has 0 saturated carbocycles. The first-order valence-corrected chi connectivity index (χ1v) is 6.68. The molecule has 7 heteroatoms. The molecule has 0 aromatic carbocycles. The van der Waals surface area contributed by atoms with Crippen molar-refractivity contribution in [3.63, 3.8) is 0 Å². The summed E-state index contributed by atoms with van der Waals surface area (Å²) in [5.74, 6) is -0.429. The van der Waals surface area contributed by atoms with Crippen LogP contribution in [0, 0.1) is 0 Å². The van der Waals surface area contributed by atoms with Gasteiger partial charge in [-0.2, -0.15) is 11.8 Å². The molecule has 0 aromatic rings. The SMILES string of the molecule is CSCCC(C)NC(=O)NCC(C)(O)C(=O)O.